The molecule has 6 rings (SSSR count). The number of amides is 3. The largest absolute Gasteiger partial charge is 0.433 e. The van der Waals surface area contributed by atoms with Crippen molar-refractivity contribution in [3.05, 3.63) is 88.9 Å². The summed E-state index contributed by atoms with van der Waals surface area (Å²) in [5.41, 5.74) is 13.8. The molecule has 0 spiro atoms. The summed E-state index contributed by atoms with van der Waals surface area (Å²) in [6.07, 6.45) is 2.97. The Hall–Kier alpha value is -5.63. The highest BCUT2D eigenvalue weighted by molar-refractivity contribution is 6.24. The van der Waals surface area contributed by atoms with E-state index in [0.29, 0.717) is 33.4 Å². The number of aromatic amines is 1. The monoisotopic (exact) mass is 614 g/mol. The first-order chi connectivity index (χ1) is 21.4. The zero-order valence-corrected chi connectivity index (χ0v) is 24.4. The number of nitrogens with zero attached hydrogens (tertiary/aromatic N) is 4. The van der Waals surface area contributed by atoms with Crippen molar-refractivity contribution in [3.8, 4) is 17.3 Å². The van der Waals surface area contributed by atoms with Gasteiger partial charge in [-0.2, -0.15) is 5.10 Å². The Morgan fingerprint density at radius 1 is 1.04 bits per heavy atom. The number of anilines is 2. The summed E-state index contributed by atoms with van der Waals surface area (Å²) in [6.45, 7) is 5.33. The number of aryl methyl sites for hydroxylation is 2. The fourth-order valence-electron chi connectivity index (χ4n) is 5.36. The normalized spacial score (nSPS) is 16.4. The average Bonchev–Trinajstić information content (AvgIpc) is 3.63. The van der Waals surface area contributed by atoms with Crippen molar-refractivity contribution in [2.24, 2.45) is 5.73 Å². The summed E-state index contributed by atoms with van der Waals surface area (Å²) in [4.78, 5) is 47.8. The van der Waals surface area contributed by atoms with Crippen LogP contribution in [0.4, 0.5) is 25.1 Å². The molecule has 5 aromatic rings. The van der Waals surface area contributed by atoms with Crippen molar-refractivity contribution in [1.29, 1.82) is 0 Å². The van der Waals surface area contributed by atoms with Crippen molar-refractivity contribution in [1.82, 2.24) is 25.1 Å². The van der Waals surface area contributed by atoms with E-state index < -0.39 is 40.6 Å². The molecule has 4 heterocycles. The van der Waals surface area contributed by atoms with E-state index in [-0.39, 0.29) is 35.9 Å². The number of nitrogens with one attached hydrogen (secondary N) is 2. The molecule has 6 N–H and O–H groups in total. The van der Waals surface area contributed by atoms with Gasteiger partial charge < -0.3 is 26.5 Å². The Bertz CT molecular complexity index is 2020. The van der Waals surface area contributed by atoms with Gasteiger partial charge in [0.2, 0.25) is 17.4 Å². The second kappa shape index (κ2) is 10.8. The minimum Gasteiger partial charge on any atom is -0.433 e. The number of ether oxygens (including phenoxy) is 1. The lowest BCUT2D eigenvalue weighted by Gasteiger charge is -2.21. The number of pyridine rings is 1. The van der Waals surface area contributed by atoms with Gasteiger partial charge in [0.25, 0.3) is 5.91 Å². The average molecular weight is 615 g/mol. The van der Waals surface area contributed by atoms with Crippen LogP contribution < -0.4 is 26.4 Å². The molecule has 2 aromatic carbocycles. The minimum atomic E-state index is -1.11. The molecule has 1 aliphatic heterocycles. The third-order valence-electron chi connectivity index (χ3n) is 7.79. The summed E-state index contributed by atoms with van der Waals surface area (Å²) < 4.78 is 34.7. The predicted octanol–water partition coefficient (Wildman–Crippen LogP) is 4.41. The Kier molecular flexibility index (Phi) is 7.08. The number of aromatic nitrogens is 4. The first-order valence-electron chi connectivity index (χ1n) is 13.9. The van der Waals surface area contributed by atoms with Gasteiger partial charge in [-0.15, -0.1) is 0 Å². The van der Waals surface area contributed by atoms with E-state index in [9.17, 15) is 23.2 Å². The molecule has 0 radical (unpaired) electrons. The molecule has 3 amide bonds. The summed E-state index contributed by atoms with van der Waals surface area (Å²) in [5.74, 6) is -3.19. The van der Waals surface area contributed by atoms with Gasteiger partial charge in [-0.05, 0) is 75.2 Å². The molecule has 1 fully saturated rings. The van der Waals surface area contributed by atoms with E-state index in [1.165, 1.54) is 29.2 Å². The maximum Gasteiger partial charge on any atom is 0.329 e. The number of carbonyl (C=O) groups excluding carboxylic acids is 3. The van der Waals surface area contributed by atoms with Crippen LogP contribution in [0, 0.1) is 25.5 Å². The van der Waals surface area contributed by atoms with Crippen LogP contribution in [0.15, 0.2) is 54.9 Å². The molecule has 1 atom stereocenters. The molecule has 0 bridgehead atoms. The number of benzene rings is 2. The highest BCUT2D eigenvalue weighted by Crippen LogP contribution is 2.34. The highest BCUT2D eigenvalue weighted by Gasteiger charge is 2.48. The second-order valence-electron chi connectivity index (χ2n) is 11.0. The molecule has 45 heavy (non-hydrogen) atoms. The number of nitrogen functional groups attached to an aromatic ring is 1. The summed E-state index contributed by atoms with van der Waals surface area (Å²) in [5, 5.41) is 7.68. The molecule has 1 saturated heterocycles. The quantitative estimate of drug-likeness (QED) is 0.147. The van der Waals surface area contributed by atoms with Crippen LogP contribution in [0.1, 0.15) is 40.5 Å². The van der Waals surface area contributed by atoms with Gasteiger partial charge in [0, 0.05) is 17.0 Å². The molecule has 14 heteroatoms. The standard InChI is InChI=1S/C31H28F2N8O4/c1-15-9-17-11-22(38-21(17)12-23(15)40-29(43)31(3,7-8-34)39-30(40)44)26(42)18-13-37-41(28(18)35)24-14-36-25(10-16(24)2)45-27-19(32)5-4-6-20(27)33/h4-6,9-14,38H,7-8,34-35H2,1-3H3,(H,39,44). The number of imide groups is 1. The number of rotatable bonds is 8. The number of H-pyrrole nitrogens is 1. The fourth-order valence-corrected chi connectivity index (χ4v) is 5.36. The molecular weight excluding hydrogens is 586 g/mol. The SMILES string of the molecule is Cc1cc2cc(C(=O)c3cnn(-c4cnc(Oc5c(F)cccc5F)cc4C)c3N)[nH]c2cc1N1C(=O)NC(C)(CCN)C1=O. The molecule has 3 aromatic heterocycles. The summed E-state index contributed by atoms with van der Waals surface area (Å²) in [7, 11) is 0. The van der Waals surface area contributed by atoms with Gasteiger partial charge in [-0.1, -0.05) is 6.07 Å². The number of halogens is 2. The number of nitrogens with two attached hydrogens (primary N) is 2. The van der Waals surface area contributed by atoms with E-state index in [1.807, 2.05) is 0 Å². The van der Waals surface area contributed by atoms with Crippen LogP contribution in [-0.2, 0) is 4.79 Å². The van der Waals surface area contributed by atoms with Crippen LogP contribution in [0.2, 0.25) is 0 Å². The number of hydrogen-bond acceptors (Lipinski definition) is 8. The summed E-state index contributed by atoms with van der Waals surface area (Å²) in [6, 6.07) is 9.35. The predicted molar refractivity (Wildman–Crippen MR) is 162 cm³/mol. The van der Waals surface area contributed by atoms with Crippen molar-refractivity contribution in [3.63, 3.8) is 0 Å². The fraction of sp³-hybridized carbons (Fsp3) is 0.194. The third-order valence-corrected chi connectivity index (χ3v) is 7.79. The van der Waals surface area contributed by atoms with Gasteiger partial charge in [-0.25, -0.2) is 28.1 Å². The summed E-state index contributed by atoms with van der Waals surface area (Å²) >= 11 is 0. The smallest absolute Gasteiger partial charge is 0.329 e. The maximum atomic E-state index is 14.0. The third kappa shape index (κ3) is 4.94. The van der Waals surface area contributed by atoms with Crippen LogP contribution in [-0.4, -0.2) is 49.6 Å². The van der Waals surface area contributed by atoms with Crippen LogP contribution >= 0.6 is 0 Å². The van der Waals surface area contributed by atoms with Gasteiger partial charge >= 0.3 is 6.03 Å². The maximum absolute atomic E-state index is 14.0. The molecule has 0 saturated carbocycles. The van der Waals surface area contributed by atoms with Crippen LogP contribution in [0.3, 0.4) is 0 Å². The molecule has 1 unspecified atom stereocenters. The number of para-hydroxylation sites is 1. The van der Waals surface area contributed by atoms with Crippen molar-refractivity contribution >= 4 is 40.1 Å². The molecule has 12 nitrogen and oxygen atoms in total. The van der Waals surface area contributed by atoms with Crippen LogP contribution in [0.5, 0.6) is 11.6 Å². The number of fused-ring (bicyclic) bond motifs is 1. The lowest BCUT2D eigenvalue weighted by Crippen LogP contribution is -2.45. The Labute approximate surface area is 255 Å². The number of urea groups is 1. The van der Waals surface area contributed by atoms with Crippen LogP contribution in [0.25, 0.3) is 16.6 Å². The lowest BCUT2D eigenvalue weighted by atomic mass is 9.98. The molecule has 0 aliphatic carbocycles. The highest BCUT2D eigenvalue weighted by atomic mass is 19.1. The van der Waals surface area contributed by atoms with E-state index in [4.69, 9.17) is 16.2 Å². The van der Waals surface area contributed by atoms with Gasteiger partial charge in [0.05, 0.1) is 35.0 Å². The number of carbonyl (C=O) groups is 3. The number of ketones is 1. The minimum absolute atomic E-state index is 0.0350. The van der Waals surface area contributed by atoms with E-state index in [1.54, 1.807) is 39.0 Å². The second-order valence-corrected chi connectivity index (χ2v) is 11.0. The lowest BCUT2D eigenvalue weighted by molar-refractivity contribution is -0.121. The van der Waals surface area contributed by atoms with Crippen molar-refractivity contribution < 1.29 is 27.9 Å². The Balaban J connectivity index is 1.28. The first kappa shape index (κ1) is 29.4. The van der Waals surface area contributed by atoms with Gasteiger partial charge in [-0.3, -0.25) is 9.59 Å². The van der Waals surface area contributed by atoms with E-state index in [2.05, 4.69) is 20.4 Å². The molecule has 1 aliphatic rings. The van der Waals surface area contributed by atoms with Crippen molar-refractivity contribution in [2.75, 3.05) is 17.2 Å². The topological polar surface area (TPSA) is 174 Å². The first-order valence-corrected chi connectivity index (χ1v) is 13.9. The molecular formula is C31H28F2N8O4. The number of hydrogen-bond donors (Lipinski definition) is 4. The van der Waals surface area contributed by atoms with Gasteiger partial charge in [0.15, 0.2) is 11.6 Å². The van der Waals surface area contributed by atoms with Crippen molar-refractivity contribution in [2.45, 2.75) is 32.7 Å². The molecule has 230 valence electrons. The zero-order chi connectivity index (χ0) is 32.2. The van der Waals surface area contributed by atoms with E-state index >= 15 is 0 Å². The Morgan fingerprint density at radius 2 is 1.76 bits per heavy atom. The Morgan fingerprint density at radius 3 is 2.44 bits per heavy atom. The van der Waals surface area contributed by atoms with E-state index in [0.717, 1.165) is 17.0 Å². The van der Waals surface area contributed by atoms with Gasteiger partial charge in [0.1, 0.15) is 11.4 Å². The zero-order valence-electron chi connectivity index (χ0n) is 24.4.